The summed E-state index contributed by atoms with van der Waals surface area (Å²) >= 11 is 0. The van der Waals surface area contributed by atoms with E-state index in [4.69, 9.17) is 10.2 Å². The summed E-state index contributed by atoms with van der Waals surface area (Å²) < 4.78 is 50.4. The average molecular weight is 309 g/mol. The van der Waals surface area contributed by atoms with Crippen LogP contribution in [0, 0.1) is 0 Å². The lowest BCUT2D eigenvalue weighted by Crippen LogP contribution is -2.52. The molecule has 0 aliphatic carbocycles. The smallest absolute Gasteiger partial charge is 0.426 e. The van der Waals surface area contributed by atoms with Crippen molar-refractivity contribution in [2.24, 2.45) is 0 Å². The van der Waals surface area contributed by atoms with Crippen LogP contribution in [0.5, 0.6) is 0 Å². The molecule has 0 heterocycles. The number of hydrogen-bond acceptors (Lipinski definition) is 3. The molecule has 9 heteroatoms. The zero-order valence-corrected chi connectivity index (χ0v) is 10.6. The quantitative estimate of drug-likeness (QED) is 0.743. The molecule has 5 nitrogen and oxygen atoms in total. The molecular formula is C12H11F4NO4. The number of halogens is 4. The lowest BCUT2D eigenvalue weighted by atomic mass is 10.1. The molecule has 3 N–H and O–H groups in total. The van der Waals surface area contributed by atoms with E-state index in [1.807, 2.05) is 0 Å². The monoisotopic (exact) mass is 309 g/mol. The lowest BCUT2D eigenvalue weighted by Gasteiger charge is -2.24. The Hall–Kier alpha value is -2.16. The average Bonchev–Trinajstić information content (AvgIpc) is 2.37. The highest BCUT2D eigenvalue weighted by molar-refractivity contribution is 5.97. The van der Waals surface area contributed by atoms with Crippen LogP contribution in [-0.4, -0.2) is 33.9 Å². The van der Waals surface area contributed by atoms with Gasteiger partial charge in [-0.05, 0) is 24.6 Å². The third kappa shape index (κ3) is 3.69. The number of aliphatic carboxylic acids is 1. The van der Waals surface area contributed by atoms with Gasteiger partial charge in [-0.25, -0.2) is 9.18 Å². The number of carboxylic acids is 1. The largest absolute Gasteiger partial charge is 0.479 e. The van der Waals surface area contributed by atoms with Crippen molar-refractivity contribution in [2.45, 2.75) is 24.9 Å². The van der Waals surface area contributed by atoms with Crippen LogP contribution >= 0.6 is 0 Å². The number of carbonyl (C=O) groups excluding carboxylic acids is 1. The maximum absolute atomic E-state index is 13.1. The van der Waals surface area contributed by atoms with Crippen molar-refractivity contribution >= 4 is 17.6 Å². The summed E-state index contributed by atoms with van der Waals surface area (Å²) in [5.74, 6) is -3.43. The van der Waals surface area contributed by atoms with Gasteiger partial charge < -0.3 is 15.5 Å². The molecule has 0 saturated heterocycles. The zero-order valence-electron chi connectivity index (χ0n) is 10.6. The summed E-state index contributed by atoms with van der Waals surface area (Å²) in [6.45, 7) is 0.290. The van der Waals surface area contributed by atoms with Crippen molar-refractivity contribution in [1.29, 1.82) is 0 Å². The number of benzene rings is 1. The molecule has 0 bridgehead atoms. The van der Waals surface area contributed by atoms with Gasteiger partial charge >= 0.3 is 12.1 Å². The Morgan fingerprint density at radius 3 is 2.05 bits per heavy atom. The minimum Gasteiger partial charge on any atom is -0.479 e. The van der Waals surface area contributed by atoms with Crippen LogP contribution in [0.25, 0.3) is 0 Å². The van der Waals surface area contributed by atoms with Crippen LogP contribution in [0.2, 0.25) is 0 Å². The van der Waals surface area contributed by atoms with Gasteiger partial charge in [-0.2, -0.15) is 13.2 Å². The number of amides is 1. The van der Waals surface area contributed by atoms with E-state index in [2.05, 4.69) is 0 Å². The number of nitrogens with one attached hydrogen (secondary N) is 1. The molecular weight excluding hydrogens is 298 g/mol. The predicted molar refractivity (Wildman–Crippen MR) is 63.2 cm³/mol. The highest BCUT2D eigenvalue weighted by atomic mass is 19.4. The van der Waals surface area contributed by atoms with Crippen molar-refractivity contribution in [3.8, 4) is 0 Å². The molecule has 0 spiro atoms. The molecule has 1 rings (SSSR count). The first kappa shape index (κ1) is 16.9. The minimum absolute atomic E-state index is 0.147. The molecule has 2 atom stereocenters. The molecule has 0 aliphatic heterocycles. The van der Waals surface area contributed by atoms with Crippen LogP contribution in [0.3, 0.4) is 0 Å². The number of aliphatic hydroxyl groups is 1. The first-order chi connectivity index (χ1) is 9.46. The third-order valence-corrected chi connectivity index (χ3v) is 2.67. The van der Waals surface area contributed by atoms with Gasteiger partial charge in [0.25, 0.3) is 5.91 Å². The SMILES string of the molecule is CC(O)(C(=O)Nc1ccc(C(F)C(=O)O)cc1)C(F)(F)F. The van der Waals surface area contributed by atoms with Crippen LogP contribution in [-0.2, 0) is 9.59 Å². The number of alkyl halides is 4. The molecule has 0 radical (unpaired) electrons. The molecule has 2 unspecified atom stereocenters. The topological polar surface area (TPSA) is 86.6 Å². The van der Waals surface area contributed by atoms with Crippen LogP contribution in [0.4, 0.5) is 23.2 Å². The fourth-order valence-electron chi connectivity index (χ4n) is 1.26. The number of carbonyl (C=O) groups is 2. The summed E-state index contributed by atoms with van der Waals surface area (Å²) in [6.07, 6.45) is -7.45. The van der Waals surface area contributed by atoms with Gasteiger partial charge in [0.1, 0.15) is 0 Å². The van der Waals surface area contributed by atoms with Gasteiger partial charge in [0.2, 0.25) is 11.8 Å². The van der Waals surface area contributed by atoms with E-state index in [1.165, 1.54) is 0 Å². The van der Waals surface area contributed by atoms with Crippen LogP contribution < -0.4 is 5.32 Å². The van der Waals surface area contributed by atoms with Gasteiger partial charge in [0.05, 0.1) is 0 Å². The van der Waals surface area contributed by atoms with E-state index in [9.17, 15) is 27.2 Å². The Morgan fingerprint density at radius 2 is 1.67 bits per heavy atom. The van der Waals surface area contributed by atoms with E-state index >= 15 is 0 Å². The van der Waals surface area contributed by atoms with Crippen molar-refractivity contribution < 1.29 is 37.4 Å². The Morgan fingerprint density at radius 1 is 1.19 bits per heavy atom. The van der Waals surface area contributed by atoms with Crippen molar-refractivity contribution in [2.75, 3.05) is 5.32 Å². The second-order valence-corrected chi connectivity index (χ2v) is 4.35. The number of carboxylic acid groups (broad SMARTS) is 1. The first-order valence-electron chi connectivity index (χ1n) is 5.54. The normalized spacial score (nSPS) is 15.9. The van der Waals surface area contributed by atoms with Crippen LogP contribution in [0.1, 0.15) is 18.7 Å². The van der Waals surface area contributed by atoms with Crippen LogP contribution in [0.15, 0.2) is 24.3 Å². The molecule has 0 fully saturated rings. The summed E-state index contributed by atoms with van der Waals surface area (Å²) in [7, 11) is 0. The van der Waals surface area contributed by atoms with Gasteiger partial charge in [-0.1, -0.05) is 12.1 Å². The maximum atomic E-state index is 13.1. The van der Waals surface area contributed by atoms with Gasteiger partial charge in [0, 0.05) is 5.69 Å². The van der Waals surface area contributed by atoms with Gasteiger partial charge in [-0.3, -0.25) is 4.79 Å². The molecule has 1 aromatic carbocycles. The summed E-state index contributed by atoms with van der Waals surface area (Å²) in [4.78, 5) is 21.8. The Kier molecular flexibility index (Phi) is 4.57. The fourth-order valence-corrected chi connectivity index (χ4v) is 1.26. The highest BCUT2D eigenvalue weighted by Gasteiger charge is 2.55. The van der Waals surface area contributed by atoms with Gasteiger partial charge in [-0.15, -0.1) is 0 Å². The molecule has 1 amide bonds. The standard InChI is InChI=1S/C12H11F4NO4/c1-11(21,12(14,15)16)10(20)17-7-4-2-6(3-5-7)8(13)9(18)19/h2-5,8,21H,1H3,(H,17,20)(H,18,19). The number of hydrogen-bond donors (Lipinski definition) is 3. The molecule has 1 aromatic rings. The zero-order chi connectivity index (χ0) is 16.4. The Balaban J connectivity index is 2.86. The van der Waals surface area contributed by atoms with Gasteiger partial charge in [0.15, 0.2) is 0 Å². The maximum Gasteiger partial charge on any atom is 0.426 e. The van der Waals surface area contributed by atoms with Crippen molar-refractivity contribution in [3.63, 3.8) is 0 Å². The molecule has 116 valence electrons. The molecule has 21 heavy (non-hydrogen) atoms. The third-order valence-electron chi connectivity index (χ3n) is 2.67. The summed E-state index contributed by atoms with van der Waals surface area (Å²) in [5.41, 5.74) is -3.97. The van der Waals surface area contributed by atoms with E-state index < -0.39 is 29.8 Å². The fraction of sp³-hybridized carbons (Fsp3) is 0.333. The highest BCUT2D eigenvalue weighted by Crippen LogP contribution is 2.31. The van der Waals surface area contributed by atoms with Crippen molar-refractivity contribution in [3.05, 3.63) is 29.8 Å². The van der Waals surface area contributed by atoms with E-state index in [-0.39, 0.29) is 11.3 Å². The van der Waals surface area contributed by atoms with E-state index in [1.54, 1.807) is 5.32 Å². The molecule has 0 aliphatic rings. The van der Waals surface area contributed by atoms with Crippen molar-refractivity contribution in [1.82, 2.24) is 0 Å². The van der Waals surface area contributed by atoms with E-state index in [0.29, 0.717) is 6.92 Å². The predicted octanol–water partition coefficient (Wildman–Crippen LogP) is 2.03. The Bertz CT molecular complexity index is 539. The summed E-state index contributed by atoms with van der Waals surface area (Å²) in [5, 5.41) is 19.4. The molecule has 0 saturated carbocycles. The second-order valence-electron chi connectivity index (χ2n) is 4.35. The van der Waals surface area contributed by atoms with E-state index in [0.717, 1.165) is 24.3 Å². The second kappa shape index (κ2) is 5.68. The lowest BCUT2D eigenvalue weighted by molar-refractivity contribution is -0.242. The minimum atomic E-state index is -5.16. The first-order valence-corrected chi connectivity index (χ1v) is 5.54. The summed E-state index contributed by atoms with van der Waals surface area (Å²) in [6, 6.07) is 4.04. The molecule has 0 aromatic heterocycles. The number of anilines is 1. The Labute approximate surface area is 116 Å². The number of rotatable bonds is 4.